The van der Waals surface area contributed by atoms with Crippen molar-refractivity contribution in [1.29, 1.82) is 0 Å². The van der Waals surface area contributed by atoms with Crippen molar-refractivity contribution in [2.24, 2.45) is 5.92 Å². The van der Waals surface area contributed by atoms with Gasteiger partial charge in [-0.1, -0.05) is 12.1 Å². The van der Waals surface area contributed by atoms with Crippen LogP contribution in [0, 0.1) is 5.92 Å². The highest BCUT2D eigenvalue weighted by Crippen LogP contribution is 2.45. The van der Waals surface area contributed by atoms with Crippen molar-refractivity contribution in [2.45, 2.75) is 49.8 Å². The first-order chi connectivity index (χ1) is 17.2. The predicted octanol–water partition coefficient (Wildman–Crippen LogP) is 4.39. The Morgan fingerprint density at radius 3 is 3.03 bits per heavy atom. The number of nitrogens with zero attached hydrogens (tertiary/aromatic N) is 5. The first kappa shape index (κ1) is 21.0. The van der Waals surface area contributed by atoms with E-state index in [4.69, 9.17) is 4.74 Å². The van der Waals surface area contributed by atoms with Crippen LogP contribution in [0.15, 0.2) is 47.9 Å². The molecule has 9 nitrogen and oxygen atoms in total. The number of pyridine rings is 1. The molecule has 0 radical (unpaired) electrons. The maximum absolute atomic E-state index is 13.0. The van der Waals surface area contributed by atoms with Crippen LogP contribution in [-0.2, 0) is 24.1 Å². The van der Waals surface area contributed by atoms with Gasteiger partial charge in [0.25, 0.3) is 0 Å². The lowest BCUT2D eigenvalue weighted by Gasteiger charge is -2.23. The number of anilines is 1. The van der Waals surface area contributed by atoms with Gasteiger partial charge in [-0.2, -0.15) is 10.2 Å². The standard InChI is InChI=1S/C25H25N7O2S/c33-25(30-35-22-12-20-24(16-4-5-16)34-11-10-31(20)29-22)28-23-18-3-1-2-15(18)6-8-19(23)17-7-9-21-26-14-27-32(21)13-17/h6-9,12-14,16,24H,1-5,10-11H2,(H2,28,30,33). The van der Waals surface area contributed by atoms with Gasteiger partial charge in [-0.3, -0.25) is 9.40 Å². The summed E-state index contributed by atoms with van der Waals surface area (Å²) in [6.07, 6.45) is 9.14. The highest BCUT2D eigenvalue weighted by Gasteiger charge is 2.37. The van der Waals surface area contributed by atoms with Gasteiger partial charge in [-0.25, -0.2) is 14.3 Å². The Balaban J connectivity index is 1.12. The number of carbonyl (C=O) groups excluding carboxylic acids is 1. The Labute approximate surface area is 206 Å². The molecule has 3 aromatic heterocycles. The Hall–Kier alpha value is -3.37. The zero-order valence-electron chi connectivity index (χ0n) is 19.1. The molecule has 1 aromatic carbocycles. The van der Waals surface area contributed by atoms with Gasteiger partial charge in [0, 0.05) is 29.3 Å². The molecular weight excluding hydrogens is 462 g/mol. The molecule has 1 unspecified atom stereocenters. The normalized spacial score (nSPS) is 18.9. The van der Waals surface area contributed by atoms with E-state index in [2.05, 4.69) is 37.4 Å². The molecule has 35 heavy (non-hydrogen) atoms. The van der Waals surface area contributed by atoms with Crippen molar-refractivity contribution in [2.75, 3.05) is 11.9 Å². The Morgan fingerprint density at radius 2 is 2.11 bits per heavy atom. The molecule has 1 fully saturated rings. The van der Waals surface area contributed by atoms with Crippen molar-refractivity contribution < 1.29 is 9.53 Å². The lowest BCUT2D eigenvalue weighted by molar-refractivity contribution is 0.00273. The van der Waals surface area contributed by atoms with Crippen LogP contribution in [0.1, 0.15) is 42.2 Å². The molecule has 0 spiro atoms. The number of nitrogens with one attached hydrogen (secondary N) is 2. The van der Waals surface area contributed by atoms with Crippen molar-refractivity contribution in [3.05, 3.63) is 59.7 Å². The highest BCUT2D eigenvalue weighted by atomic mass is 32.2. The number of amides is 2. The summed E-state index contributed by atoms with van der Waals surface area (Å²) in [5.74, 6) is 0.607. The lowest BCUT2D eigenvalue weighted by atomic mass is 9.98. The minimum Gasteiger partial charge on any atom is -0.370 e. The number of rotatable bonds is 5. The summed E-state index contributed by atoms with van der Waals surface area (Å²) in [5.41, 5.74) is 7.24. The van der Waals surface area contributed by atoms with Gasteiger partial charge in [0.05, 0.1) is 24.5 Å². The smallest absolute Gasteiger partial charge is 0.329 e. The number of hydrogen-bond acceptors (Lipinski definition) is 6. The van der Waals surface area contributed by atoms with Gasteiger partial charge in [-0.05, 0) is 67.3 Å². The lowest BCUT2D eigenvalue weighted by Crippen LogP contribution is -2.24. The molecule has 3 aliphatic rings. The summed E-state index contributed by atoms with van der Waals surface area (Å²) in [7, 11) is 0. The summed E-state index contributed by atoms with van der Waals surface area (Å²) < 4.78 is 12.7. The van der Waals surface area contributed by atoms with Crippen LogP contribution in [-0.4, -0.2) is 37.0 Å². The molecule has 0 bridgehead atoms. The first-order valence-corrected chi connectivity index (χ1v) is 12.9. The van der Waals surface area contributed by atoms with Crippen molar-refractivity contribution in [1.82, 2.24) is 29.1 Å². The van der Waals surface area contributed by atoms with Crippen LogP contribution >= 0.6 is 11.9 Å². The molecule has 178 valence electrons. The van der Waals surface area contributed by atoms with E-state index in [0.29, 0.717) is 12.5 Å². The number of hydrogen-bond donors (Lipinski definition) is 2. The number of ether oxygens (including phenoxy) is 1. The van der Waals surface area contributed by atoms with Crippen LogP contribution < -0.4 is 10.0 Å². The average Bonchev–Trinajstić information content (AvgIpc) is 3.25. The maximum atomic E-state index is 13.0. The predicted molar refractivity (Wildman–Crippen MR) is 132 cm³/mol. The van der Waals surface area contributed by atoms with E-state index in [0.717, 1.165) is 59.0 Å². The zero-order valence-corrected chi connectivity index (χ0v) is 19.9. The third-order valence-corrected chi connectivity index (χ3v) is 7.78. The fourth-order valence-corrected chi connectivity index (χ4v) is 5.82. The summed E-state index contributed by atoms with van der Waals surface area (Å²) in [4.78, 5) is 17.3. The largest absolute Gasteiger partial charge is 0.370 e. The van der Waals surface area contributed by atoms with E-state index in [-0.39, 0.29) is 12.1 Å². The van der Waals surface area contributed by atoms with Crippen LogP contribution in [0.2, 0.25) is 0 Å². The SMILES string of the molecule is O=C(NSc1cc2n(n1)CCOC2C1CC1)Nc1c(-c2ccc3ncnn3c2)ccc2c1CCC2. The number of fused-ring (bicyclic) bond motifs is 3. The number of urea groups is 1. The number of benzene rings is 1. The molecule has 2 N–H and O–H groups in total. The molecule has 4 aromatic rings. The third-order valence-electron chi connectivity index (χ3n) is 7.09. The van der Waals surface area contributed by atoms with E-state index in [1.54, 1.807) is 10.8 Å². The molecule has 1 saturated carbocycles. The van der Waals surface area contributed by atoms with Crippen LogP contribution in [0.5, 0.6) is 0 Å². The van der Waals surface area contributed by atoms with Crippen LogP contribution in [0.25, 0.3) is 16.8 Å². The van der Waals surface area contributed by atoms with Crippen molar-refractivity contribution in [3.8, 4) is 11.1 Å². The molecule has 1 atom stereocenters. The molecule has 7 rings (SSSR count). The second kappa shape index (κ2) is 8.39. The van der Waals surface area contributed by atoms with Gasteiger partial charge in [0.15, 0.2) is 5.65 Å². The topological polar surface area (TPSA) is 98.4 Å². The molecule has 2 amide bonds. The molecule has 2 aliphatic carbocycles. The molecule has 10 heteroatoms. The number of aryl methyl sites for hydroxylation is 1. The van der Waals surface area contributed by atoms with Crippen molar-refractivity contribution >= 4 is 29.3 Å². The van der Waals surface area contributed by atoms with E-state index >= 15 is 0 Å². The van der Waals surface area contributed by atoms with Gasteiger partial charge < -0.3 is 10.1 Å². The average molecular weight is 488 g/mol. The maximum Gasteiger partial charge on any atom is 0.329 e. The van der Waals surface area contributed by atoms with E-state index in [1.807, 2.05) is 29.1 Å². The summed E-state index contributed by atoms with van der Waals surface area (Å²) in [5, 5.41) is 12.9. The Bertz CT molecular complexity index is 1440. The number of carbonyl (C=O) groups is 1. The van der Waals surface area contributed by atoms with Gasteiger partial charge in [-0.15, -0.1) is 0 Å². The van der Waals surface area contributed by atoms with E-state index < -0.39 is 0 Å². The summed E-state index contributed by atoms with van der Waals surface area (Å²) in [6.45, 7) is 1.44. The summed E-state index contributed by atoms with van der Waals surface area (Å²) >= 11 is 1.24. The van der Waals surface area contributed by atoms with Crippen molar-refractivity contribution in [3.63, 3.8) is 0 Å². The summed E-state index contributed by atoms with van der Waals surface area (Å²) in [6, 6.07) is 10.0. The van der Waals surface area contributed by atoms with Crippen LogP contribution in [0.3, 0.4) is 0 Å². The quantitative estimate of drug-likeness (QED) is 0.405. The molecule has 0 saturated heterocycles. The minimum absolute atomic E-state index is 0.135. The van der Waals surface area contributed by atoms with Gasteiger partial charge in [0.1, 0.15) is 17.5 Å². The van der Waals surface area contributed by atoms with E-state index in [1.165, 1.54) is 35.9 Å². The monoisotopic (exact) mass is 487 g/mol. The second-order valence-corrected chi connectivity index (χ2v) is 10.2. The highest BCUT2D eigenvalue weighted by molar-refractivity contribution is 7.97. The van der Waals surface area contributed by atoms with Gasteiger partial charge >= 0.3 is 6.03 Å². The molecule has 4 heterocycles. The fourth-order valence-electron chi connectivity index (χ4n) is 5.26. The minimum atomic E-state index is -0.264. The first-order valence-electron chi connectivity index (χ1n) is 12.1. The van der Waals surface area contributed by atoms with Crippen LogP contribution in [0.4, 0.5) is 10.5 Å². The third kappa shape index (κ3) is 3.86. The second-order valence-electron chi connectivity index (χ2n) is 9.38. The molecular formula is C25H25N7O2S. The Kier molecular flexibility index (Phi) is 5.02. The van der Waals surface area contributed by atoms with E-state index in [9.17, 15) is 4.79 Å². The fraction of sp³-hybridized carbons (Fsp3) is 0.360. The molecule has 1 aliphatic heterocycles. The Morgan fingerprint density at radius 1 is 1.17 bits per heavy atom. The zero-order chi connectivity index (χ0) is 23.4. The number of aromatic nitrogens is 5. The van der Waals surface area contributed by atoms with Gasteiger partial charge in [0.2, 0.25) is 0 Å².